The molecule has 0 saturated carbocycles. The van der Waals surface area contributed by atoms with Gasteiger partial charge in [-0.2, -0.15) is 4.98 Å². The van der Waals surface area contributed by atoms with E-state index in [1.54, 1.807) is 0 Å². The number of furan rings is 1. The minimum Gasteiger partial charge on any atom is -0.493 e. The Bertz CT molecular complexity index is 641. The van der Waals surface area contributed by atoms with Gasteiger partial charge in [0, 0.05) is 0 Å². The highest BCUT2D eigenvalue weighted by Crippen LogP contribution is 2.25. The van der Waals surface area contributed by atoms with E-state index in [4.69, 9.17) is 8.83 Å². The van der Waals surface area contributed by atoms with E-state index in [1.807, 2.05) is 0 Å². The SMILES string of the molecule is Cc1c(O)nc(-c2ccc([N+](=O)[O-])o2)oc1=O. The molecule has 2 rings (SSSR count). The largest absolute Gasteiger partial charge is 0.493 e. The third kappa shape index (κ3) is 1.87. The maximum atomic E-state index is 11.2. The lowest BCUT2D eigenvalue weighted by atomic mass is 10.3. The summed E-state index contributed by atoms with van der Waals surface area (Å²) in [7, 11) is 0. The zero-order valence-corrected chi connectivity index (χ0v) is 8.54. The predicted molar refractivity (Wildman–Crippen MR) is 53.5 cm³/mol. The molecule has 0 bridgehead atoms. The van der Waals surface area contributed by atoms with E-state index in [9.17, 15) is 20.0 Å². The van der Waals surface area contributed by atoms with Crippen LogP contribution >= 0.6 is 0 Å². The fourth-order valence-corrected chi connectivity index (χ4v) is 1.10. The van der Waals surface area contributed by atoms with Crippen LogP contribution in [0.3, 0.4) is 0 Å². The van der Waals surface area contributed by atoms with Crippen molar-refractivity contribution in [2.45, 2.75) is 6.92 Å². The number of rotatable bonds is 2. The van der Waals surface area contributed by atoms with Gasteiger partial charge in [0.05, 0.1) is 11.6 Å². The second-order valence-electron chi connectivity index (χ2n) is 3.15. The summed E-state index contributed by atoms with van der Waals surface area (Å²) in [5.74, 6) is -1.44. The van der Waals surface area contributed by atoms with Gasteiger partial charge in [-0.1, -0.05) is 0 Å². The van der Waals surface area contributed by atoms with Gasteiger partial charge in [-0.15, -0.1) is 0 Å². The van der Waals surface area contributed by atoms with Crippen molar-refractivity contribution < 1.29 is 18.9 Å². The molecule has 0 fully saturated rings. The van der Waals surface area contributed by atoms with Crippen LogP contribution in [-0.2, 0) is 0 Å². The summed E-state index contributed by atoms with van der Waals surface area (Å²) in [5, 5.41) is 19.7. The van der Waals surface area contributed by atoms with Crippen LogP contribution in [0.25, 0.3) is 11.7 Å². The van der Waals surface area contributed by atoms with Crippen molar-refractivity contribution in [3.05, 3.63) is 38.2 Å². The first-order chi connectivity index (χ1) is 7.99. The van der Waals surface area contributed by atoms with Crippen LogP contribution in [0.2, 0.25) is 0 Å². The van der Waals surface area contributed by atoms with Gasteiger partial charge in [0.15, 0.2) is 5.76 Å². The third-order valence-corrected chi connectivity index (χ3v) is 2.02. The Morgan fingerprint density at radius 1 is 1.41 bits per heavy atom. The number of aromatic hydroxyl groups is 1. The molecule has 17 heavy (non-hydrogen) atoms. The fraction of sp³-hybridized carbons (Fsp3) is 0.111. The molecule has 2 aromatic heterocycles. The molecule has 8 nitrogen and oxygen atoms in total. The van der Waals surface area contributed by atoms with Crippen LogP contribution in [0.1, 0.15) is 5.56 Å². The third-order valence-electron chi connectivity index (χ3n) is 2.02. The van der Waals surface area contributed by atoms with E-state index in [0.29, 0.717) is 0 Å². The molecule has 88 valence electrons. The first-order valence-corrected chi connectivity index (χ1v) is 4.44. The van der Waals surface area contributed by atoms with Gasteiger partial charge in [-0.25, -0.2) is 4.79 Å². The number of hydrogen-bond donors (Lipinski definition) is 1. The summed E-state index contributed by atoms with van der Waals surface area (Å²) >= 11 is 0. The number of hydrogen-bond acceptors (Lipinski definition) is 7. The normalized spacial score (nSPS) is 10.4. The average Bonchev–Trinajstić information content (AvgIpc) is 2.74. The number of aromatic nitrogens is 1. The quantitative estimate of drug-likeness (QED) is 0.616. The summed E-state index contributed by atoms with van der Waals surface area (Å²) in [6.45, 7) is 1.34. The van der Waals surface area contributed by atoms with Gasteiger partial charge in [0.2, 0.25) is 5.88 Å². The van der Waals surface area contributed by atoms with Gasteiger partial charge < -0.3 is 13.9 Å². The fourth-order valence-electron chi connectivity index (χ4n) is 1.10. The molecule has 0 saturated heterocycles. The molecule has 2 aromatic rings. The highest BCUT2D eigenvalue weighted by Gasteiger charge is 2.18. The van der Waals surface area contributed by atoms with Gasteiger partial charge in [-0.3, -0.25) is 10.1 Å². The zero-order chi connectivity index (χ0) is 12.6. The summed E-state index contributed by atoms with van der Waals surface area (Å²) in [6.07, 6.45) is 0. The lowest BCUT2D eigenvalue weighted by molar-refractivity contribution is -0.401. The Kier molecular flexibility index (Phi) is 2.39. The van der Waals surface area contributed by atoms with Crippen molar-refractivity contribution in [3.63, 3.8) is 0 Å². The van der Waals surface area contributed by atoms with Gasteiger partial charge in [0.25, 0.3) is 5.89 Å². The molecular formula is C9H6N2O6. The van der Waals surface area contributed by atoms with Crippen LogP contribution in [-0.4, -0.2) is 15.0 Å². The van der Waals surface area contributed by atoms with Gasteiger partial charge in [0.1, 0.15) is 4.92 Å². The van der Waals surface area contributed by atoms with Crippen LogP contribution < -0.4 is 5.63 Å². The van der Waals surface area contributed by atoms with Crippen LogP contribution in [0.15, 0.2) is 25.8 Å². The van der Waals surface area contributed by atoms with E-state index in [-0.39, 0.29) is 17.2 Å². The molecule has 0 aromatic carbocycles. The van der Waals surface area contributed by atoms with E-state index in [1.165, 1.54) is 13.0 Å². The minimum atomic E-state index is -0.786. The lowest BCUT2D eigenvalue weighted by Gasteiger charge is -1.97. The number of nitrogens with zero attached hydrogens (tertiary/aromatic N) is 2. The highest BCUT2D eigenvalue weighted by molar-refractivity contribution is 5.47. The van der Waals surface area contributed by atoms with Crippen molar-refractivity contribution in [2.24, 2.45) is 0 Å². The van der Waals surface area contributed by atoms with E-state index in [0.717, 1.165) is 6.07 Å². The Morgan fingerprint density at radius 2 is 2.12 bits per heavy atom. The van der Waals surface area contributed by atoms with Crippen molar-refractivity contribution in [1.29, 1.82) is 0 Å². The molecule has 0 aliphatic carbocycles. The second-order valence-corrected chi connectivity index (χ2v) is 3.15. The van der Waals surface area contributed by atoms with E-state index >= 15 is 0 Å². The monoisotopic (exact) mass is 238 g/mol. The topological polar surface area (TPSA) is 120 Å². The average molecular weight is 238 g/mol. The molecule has 0 aliphatic heterocycles. The molecular weight excluding hydrogens is 232 g/mol. The standard InChI is InChI=1S/C9H6N2O6/c1-4-7(12)10-8(17-9(4)13)5-2-3-6(16-5)11(14)15/h2-3,12H,1H3. The van der Waals surface area contributed by atoms with Crippen molar-refractivity contribution >= 4 is 5.88 Å². The Labute approximate surface area is 93.3 Å². The number of nitro groups is 1. The molecule has 2 heterocycles. The zero-order valence-electron chi connectivity index (χ0n) is 8.54. The van der Waals surface area contributed by atoms with Gasteiger partial charge >= 0.3 is 11.5 Å². The van der Waals surface area contributed by atoms with Crippen LogP contribution in [0.5, 0.6) is 5.88 Å². The molecule has 0 unspecified atom stereocenters. The Morgan fingerprint density at radius 3 is 2.65 bits per heavy atom. The summed E-state index contributed by atoms with van der Waals surface area (Å²) < 4.78 is 9.50. The highest BCUT2D eigenvalue weighted by atomic mass is 16.6. The first-order valence-electron chi connectivity index (χ1n) is 4.44. The maximum Gasteiger partial charge on any atom is 0.433 e. The minimum absolute atomic E-state index is 0.0465. The van der Waals surface area contributed by atoms with Crippen molar-refractivity contribution in [3.8, 4) is 17.5 Å². The van der Waals surface area contributed by atoms with Crippen LogP contribution in [0, 0.1) is 17.0 Å². The molecule has 0 atom stereocenters. The van der Waals surface area contributed by atoms with E-state index < -0.39 is 22.3 Å². The molecule has 0 amide bonds. The predicted octanol–water partition coefficient (Wildman–Crippen LogP) is 1.22. The second kappa shape index (κ2) is 3.74. The maximum absolute atomic E-state index is 11.2. The molecule has 0 aliphatic rings. The molecule has 0 radical (unpaired) electrons. The van der Waals surface area contributed by atoms with Gasteiger partial charge in [-0.05, 0) is 13.0 Å². The molecule has 8 heteroatoms. The molecule has 0 spiro atoms. The first kappa shape index (κ1) is 10.9. The smallest absolute Gasteiger partial charge is 0.433 e. The van der Waals surface area contributed by atoms with Crippen molar-refractivity contribution in [1.82, 2.24) is 4.98 Å². The molecule has 1 N–H and O–H groups in total. The Hall–Kier alpha value is -2.64. The summed E-state index contributed by atoms with van der Waals surface area (Å²) in [5.41, 5.74) is -0.832. The van der Waals surface area contributed by atoms with Crippen LogP contribution in [0.4, 0.5) is 5.88 Å². The summed E-state index contributed by atoms with van der Waals surface area (Å²) in [4.78, 5) is 24.4. The lowest BCUT2D eigenvalue weighted by Crippen LogP contribution is -2.05. The summed E-state index contributed by atoms with van der Waals surface area (Å²) in [6, 6.07) is 2.31. The van der Waals surface area contributed by atoms with E-state index in [2.05, 4.69) is 4.98 Å². The Balaban J connectivity index is 2.53. The van der Waals surface area contributed by atoms with Crippen molar-refractivity contribution in [2.75, 3.05) is 0 Å².